The average Bonchev–Trinajstić information content (AvgIpc) is 2.10. The first-order valence-corrected chi connectivity index (χ1v) is 5.50. The number of thiol groups is 1. The third-order valence-electron chi connectivity index (χ3n) is 1.99. The Kier molecular flexibility index (Phi) is 11.2. The molecule has 0 saturated carbocycles. The highest BCUT2D eigenvalue weighted by atomic mass is 32.1. The molecule has 0 N–H and O–H groups in total. The molecule has 0 aromatic rings. The van der Waals surface area contributed by atoms with E-state index in [4.69, 9.17) is 0 Å². The molecule has 0 unspecified atom stereocenters. The van der Waals surface area contributed by atoms with Crippen LogP contribution in [-0.4, -0.2) is 0 Å². The normalized spacial score (nSPS) is 10.1. The minimum Gasteiger partial charge on any atom is -0.175 e. The fraction of sp³-hybridized carbons (Fsp3) is 0.727. The smallest absolute Gasteiger partial charge is 0.0133 e. The summed E-state index contributed by atoms with van der Waals surface area (Å²) in [4.78, 5) is 0. The maximum atomic E-state index is 4.06. The van der Waals surface area contributed by atoms with Crippen LogP contribution in [0.1, 0.15) is 51.4 Å². The van der Waals surface area contributed by atoms with Gasteiger partial charge < -0.3 is 0 Å². The summed E-state index contributed by atoms with van der Waals surface area (Å²) in [7, 11) is 0. The van der Waals surface area contributed by atoms with Gasteiger partial charge in [0.1, 0.15) is 0 Å². The van der Waals surface area contributed by atoms with Crippen LogP contribution in [0.3, 0.4) is 0 Å². The summed E-state index contributed by atoms with van der Waals surface area (Å²) < 4.78 is 0. The molecule has 0 bridgehead atoms. The van der Waals surface area contributed by atoms with Crippen molar-refractivity contribution >= 4 is 12.6 Å². The SMILES string of the molecule is C=CCCCCCCCC[CH]S. The molecule has 0 nitrogen and oxygen atoms in total. The molecule has 0 aliphatic carbocycles. The molecule has 0 spiro atoms. The molecule has 0 aliphatic heterocycles. The lowest BCUT2D eigenvalue weighted by Gasteiger charge is -1.99. The second-order valence-electron chi connectivity index (χ2n) is 3.17. The quantitative estimate of drug-likeness (QED) is 0.307. The Balaban J connectivity index is 2.77. The average molecular weight is 185 g/mol. The van der Waals surface area contributed by atoms with Crippen molar-refractivity contribution in [2.75, 3.05) is 0 Å². The molecule has 0 aromatic carbocycles. The van der Waals surface area contributed by atoms with Crippen molar-refractivity contribution < 1.29 is 0 Å². The Morgan fingerprint density at radius 3 is 1.83 bits per heavy atom. The van der Waals surface area contributed by atoms with Gasteiger partial charge in [0.15, 0.2) is 0 Å². The third kappa shape index (κ3) is 10.1. The molecule has 71 valence electrons. The van der Waals surface area contributed by atoms with Crippen LogP contribution < -0.4 is 0 Å². The highest BCUT2D eigenvalue weighted by Gasteiger charge is 1.89. The van der Waals surface area contributed by atoms with Gasteiger partial charge in [-0.1, -0.05) is 38.2 Å². The molecule has 12 heavy (non-hydrogen) atoms. The molecule has 0 aromatic heterocycles. The second kappa shape index (κ2) is 11.1. The highest BCUT2D eigenvalue weighted by molar-refractivity contribution is 7.82. The first-order valence-electron chi connectivity index (χ1n) is 4.98. The predicted molar refractivity (Wildman–Crippen MR) is 60.4 cm³/mol. The van der Waals surface area contributed by atoms with Crippen LogP contribution in [-0.2, 0) is 0 Å². The van der Waals surface area contributed by atoms with E-state index in [1.54, 1.807) is 0 Å². The van der Waals surface area contributed by atoms with Crippen molar-refractivity contribution in [3.63, 3.8) is 0 Å². The van der Waals surface area contributed by atoms with E-state index in [9.17, 15) is 0 Å². The van der Waals surface area contributed by atoms with Crippen molar-refractivity contribution in [1.82, 2.24) is 0 Å². The van der Waals surface area contributed by atoms with E-state index in [0.29, 0.717) is 0 Å². The second-order valence-corrected chi connectivity index (χ2v) is 3.54. The topological polar surface area (TPSA) is 0 Å². The van der Waals surface area contributed by atoms with Crippen molar-refractivity contribution in [3.05, 3.63) is 18.4 Å². The first kappa shape index (κ1) is 12.1. The van der Waals surface area contributed by atoms with E-state index in [0.717, 1.165) is 6.42 Å². The van der Waals surface area contributed by atoms with Gasteiger partial charge in [-0.25, -0.2) is 0 Å². The predicted octanol–water partition coefficient (Wildman–Crippen LogP) is 4.38. The summed E-state index contributed by atoms with van der Waals surface area (Å²) in [5.74, 6) is 1.96. The summed E-state index contributed by atoms with van der Waals surface area (Å²) >= 11 is 4.06. The zero-order chi connectivity index (χ0) is 9.07. The van der Waals surface area contributed by atoms with Gasteiger partial charge in [-0.3, -0.25) is 0 Å². The summed E-state index contributed by atoms with van der Waals surface area (Å²) in [6.45, 7) is 3.71. The summed E-state index contributed by atoms with van der Waals surface area (Å²) in [6.07, 6.45) is 12.5. The van der Waals surface area contributed by atoms with E-state index in [2.05, 4.69) is 19.2 Å². The van der Waals surface area contributed by atoms with Gasteiger partial charge in [0.25, 0.3) is 0 Å². The number of hydrogen-bond acceptors (Lipinski definition) is 1. The molecule has 0 amide bonds. The van der Waals surface area contributed by atoms with Gasteiger partial charge in [-0.2, -0.15) is 12.6 Å². The molecule has 0 saturated heterocycles. The van der Waals surface area contributed by atoms with Crippen LogP contribution >= 0.6 is 12.6 Å². The van der Waals surface area contributed by atoms with E-state index >= 15 is 0 Å². The van der Waals surface area contributed by atoms with Gasteiger partial charge in [-0.05, 0) is 19.3 Å². The molecule has 0 heterocycles. The lowest BCUT2D eigenvalue weighted by molar-refractivity contribution is 0.599. The summed E-state index contributed by atoms with van der Waals surface area (Å²) in [5.41, 5.74) is 0. The van der Waals surface area contributed by atoms with Crippen LogP contribution in [0.15, 0.2) is 12.7 Å². The van der Waals surface area contributed by atoms with E-state index in [1.807, 2.05) is 11.8 Å². The first-order chi connectivity index (χ1) is 5.91. The largest absolute Gasteiger partial charge is 0.175 e. The lowest BCUT2D eigenvalue weighted by Crippen LogP contribution is -1.79. The Morgan fingerprint density at radius 1 is 0.833 bits per heavy atom. The van der Waals surface area contributed by atoms with Gasteiger partial charge in [0.2, 0.25) is 0 Å². The van der Waals surface area contributed by atoms with Crippen LogP contribution in [0.25, 0.3) is 0 Å². The molecular formula is C11H21S. The Labute approximate surface area is 82.9 Å². The maximum Gasteiger partial charge on any atom is 0.0133 e. The van der Waals surface area contributed by atoms with E-state index < -0.39 is 0 Å². The van der Waals surface area contributed by atoms with E-state index in [1.165, 1.54) is 44.9 Å². The minimum absolute atomic E-state index is 1.16. The molecule has 0 atom stereocenters. The third-order valence-corrected chi connectivity index (χ3v) is 2.25. The van der Waals surface area contributed by atoms with Crippen LogP contribution in [0, 0.1) is 5.75 Å². The van der Waals surface area contributed by atoms with Gasteiger partial charge in [-0.15, -0.1) is 6.58 Å². The molecule has 1 heteroatoms. The van der Waals surface area contributed by atoms with Crippen molar-refractivity contribution in [2.45, 2.75) is 51.4 Å². The standard InChI is InChI=1S/C11H21S/c1-2-3-4-5-6-7-8-9-10-11-12/h2,11-12H,1,3-10H2. The van der Waals surface area contributed by atoms with Crippen molar-refractivity contribution in [1.29, 1.82) is 0 Å². The zero-order valence-corrected chi connectivity index (χ0v) is 8.86. The number of unbranched alkanes of at least 4 members (excludes halogenated alkanes) is 7. The van der Waals surface area contributed by atoms with E-state index in [-0.39, 0.29) is 0 Å². The number of hydrogen-bond donors (Lipinski definition) is 1. The Bertz CT molecular complexity index is 89.0. The number of allylic oxidation sites excluding steroid dienone is 1. The van der Waals surface area contributed by atoms with Crippen LogP contribution in [0.2, 0.25) is 0 Å². The highest BCUT2D eigenvalue weighted by Crippen LogP contribution is 2.09. The molecule has 0 fully saturated rings. The molecule has 0 rings (SSSR count). The van der Waals surface area contributed by atoms with Crippen molar-refractivity contribution in [2.24, 2.45) is 0 Å². The Hall–Kier alpha value is 0.0900. The monoisotopic (exact) mass is 185 g/mol. The van der Waals surface area contributed by atoms with Gasteiger partial charge in [0.05, 0.1) is 0 Å². The molecule has 1 radical (unpaired) electrons. The lowest BCUT2D eigenvalue weighted by atomic mass is 10.1. The van der Waals surface area contributed by atoms with Crippen LogP contribution in [0.5, 0.6) is 0 Å². The minimum atomic E-state index is 1.16. The summed E-state index contributed by atoms with van der Waals surface area (Å²) in [6, 6.07) is 0. The molecular weight excluding hydrogens is 164 g/mol. The van der Waals surface area contributed by atoms with Crippen LogP contribution in [0.4, 0.5) is 0 Å². The fourth-order valence-electron chi connectivity index (χ4n) is 1.23. The molecule has 0 aliphatic rings. The van der Waals surface area contributed by atoms with Crippen molar-refractivity contribution in [3.8, 4) is 0 Å². The number of rotatable bonds is 9. The maximum absolute atomic E-state index is 4.06. The summed E-state index contributed by atoms with van der Waals surface area (Å²) in [5, 5.41) is 0. The zero-order valence-electron chi connectivity index (χ0n) is 7.97. The van der Waals surface area contributed by atoms with Gasteiger partial charge in [0, 0.05) is 5.75 Å². The van der Waals surface area contributed by atoms with Gasteiger partial charge >= 0.3 is 0 Å². The fourth-order valence-corrected chi connectivity index (χ4v) is 1.41. The Morgan fingerprint density at radius 2 is 1.33 bits per heavy atom.